The van der Waals surface area contributed by atoms with Crippen LogP contribution in [0.4, 0.5) is 4.39 Å². The second kappa shape index (κ2) is 9.67. The minimum atomic E-state index is -0.849. The number of hydrogen-bond acceptors (Lipinski definition) is 3. The lowest BCUT2D eigenvalue weighted by Crippen LogP contribution is -1.95. The van der Waals surface area contributed by atoms with Gasteiger partial charge in [0.1, 0.15) is 24.0 Å². The number of aromatic amines is 1. The molecule has 0 spiro atoms. The standard InChI is InChI=1S/C16H14ClFN2O2.C2H6/c1-10(18)12(8-21)7-13(17)11(2)22-9-16-19-14-5-3-4-6-15(14)20-16;1-2/h3-8H,1,9H2,2H3,(H,19,20);1-2H3/b12-7-,13-11-;. The number of rotatable bonds is 6. The molecule has 1 aromatic heterocycles. The Labute approximate surface area is 145 Å². The first-order valence-electron chi connectivity index (χ1n) is 7.45. The number of nitrogens with zero attached hydrogens (tertiary/aromatic N) is 1. The van der Waals surface area contributed by atoms with Crippen molar-refractivity contribution >= 4 is 28.9 Å². The van der Waals surface area contributed by atoms with Gasteiger partial charge in [-0.15, -0.1) is 0 Å². The van der Waals surface area contributed by atoms with Gasteiger partial charge in [0.05, 0.1) is 21.6 Å². The monoisotopic (exact) mass is 350 g/mol. The molecule has 0 bridgehead atoms. The van der Waals surface area contributed by atoms with Gasteiger partial charge in [0.2, 0.25) is 0 Å². The third kappa shape index (κ3) is 5.35. The number of carbonyl (C=O) groups excluding carboxylic acids is 1. The molecule has 0 aliphatic rings. The molecule has 1 heterocycles. The van der Waals surface area contributed by atoms with Gasteiger partial charge in [-0.05, 0) is 25.1 Å². The number of hydrogen-bond donors (Lipinski definition) is 1. The van der Waals surface area contributed by atoms with Gasteiger partial charge >= 0.3 is 0 Å². The van der Waals surface area contributed by atoms with Crippen LogP contribution in [0, 0.1) is 0 Å². The summed E-state index contributed by atoms with van der Waals surface area (Å²) in [6.07, 6.45) is 1.52. The highest BCUT2D eigenvalue weighted by atomic mass is 35.5. The molecule has 0 radical (unpaired) electrons. The van der Waals surface area contributed by atoms with Crippen LogP contribution < -0.4 is 0 Å². The maximum absolute atomic E-state index is 12.9. The smallest absolute Gasteiger partial charge is 0.153 e. The molecule has 0 atom stereocenters. The number of aromatic nitrogens is 2. The Morgan fingerprint density at radius 3 is 2.67 bits per heavy atom. The molecule has 1 aromatic carbocycles. The number of allylic oxidation sites excluding steroid dienone is 5. The van der Waals surface area contributed by atoms with E-state index >= 15 is 0 Å². The van der Waals surface area contributed by atoms with Gasteiger partial charge in [-0.3, -0.25) is 4.79 Å². The predicted molar refractivity (Wildman–Crippen MR) is 95.2 cm³/mol. The van der Waals surface area contributed by atoms with Crippen molar-refractivity contribution in [2.24, 2.45) is 0 Å². The van der Waals surface area contributed by atoms with Crippen LogP contribution in [0.15, 0.2) is 59.1 Å². The average molecular weight is 351 g/mol. The van der Waals surface area contributed by atoms with E-state index in [9.17, 15) is 9.18 Å². The number of imidazole rings is 1. The molecule has 0 aliphatic heterocycles. The summed E-state index contributed by atoms with van der Waals surface area (Å²) < 4.78 is 18.4. The van der Waals surface area contributed by atoms with E-state index in [0.717, 1.165) is 11.0 Å². The number of ether oxygens (including phenoxy) is 1. The fraction of sp³-hybridized carbons (Fsp3) is 0.222. The van der Waals surface area contributed by atoms with Crippen molar-refractivity contribution in [1.82, 2.24) is 9.97 Å². The maximum Gasteiger partial charge on any atom is 0.153 e. The number of aldehydes is 1. The highest BCUT2D eigenvalue weighted by Crippen LogP contribution is 2.19. The van der Waals surface area contributed by atoms with E-state index in [0.29, 0.717) is 17.9 Å². The average Bonchev–Trinajstić information content (AvgIpc) is 3.01. The number of fused-ring (bicyclic) bond motifs is 1. The Bertz CT molecular complexity index is 745. The molecule has 6 heteroatoms. The van der Waals surface area contributed by atoms with Crippen LogP contribution in [0.2, 0.25) is 0 Å². The topological polar surface area (TPSA) is 55.0 Å². The van der Waals surface area contributed by atoms with Crippen LogP contribution in [0.25, 0.3) is 11.0 Å². The number of benzene rings is 1. The summed E-state index contributed by atoms with van der Waals surface area (Å²) in [5.41, 5.74) is 1.52. The van der Waals surface area contributed by atoms with E-state index in [4.69, 9.17) is 16.3 Å². The second-order valence-corrected chi connectivity index (χ2v) is 4.92. The summed E-state index contributed by atoms with van der Waals surface area (Å²) in [6, 6.07) is 7.60. The summed E-state index contributed by atoms with van der Waals surface area (Å²) in [6.45, 7) is 8.85. The maximum atomic E-state index is 12.9. The zero-order valence-electron chi connectivity index (χ0n) is 13.9. The van der Waals surface area contributed by atoms with E-state index in [1.165, 1.54) is 6.08 Å². The predicted octanol–water partition coefficient (Wildman–Crippen LogP) is 5.18. The zero-order valence-corrected chi connectivity index (χ0v) is 14.7. The summed E-state index contributed by atoms with van der Waals surface area (Å²) in [4.78, 5) is 18.1. The van der Waals surface area contributed by atoms with Gasteiger partial charge in [0.15, 0.2) is 6.29 Å². The normalized spacial score (nSPS) is 12.1. The van der Waals surface area contributed by atoms with Crippen LogP contribution in [0.1, 0.15) is 26.6 Å². The summed E-state index contributed by atoms with van der Waals surface area (Å²) in [7, 11) is 0. The Morgan fingerprint density at radius 1 is 1.42 bits per heavy atom. The minimum Gasteiger partial charge on any atom is -0.489 e. The van der Waals surface area contributed by atoms with Crippen LogP contribution in [0.5, 0.6) is 0 Å². The first kappa shape index (κ1) is 19.6. The van der Waals surface area contributed by atoms with E-state index in [-0.39, 0.29) is 17.2 Å². The van der Waals surface area contributed by atoms with Crippen molar-refractivity contribution in [2.45, 2.75) is 27.4 Å². The van der Waals surface area contributed by atoms with Gasteiger partial charge < -0.3 is 9.72 Å². The third-order valence-electron chi connectivity index (χ3n) is 2.92. The number of H-pyrrole nitrogens is 1. The molecule has 0 amide bonds. The molecule has 0 saturated heterocycles. The quantitative estimate of drug-likeness (QED) is 0.338. The van der Waals surface area contributed by atoms with Crippen molar-refractivity contribution in [3.05, 3.63) is 64.9 Å². The van der Waals surface area contributed by atoms with Crippen molar-refractivity contribution in [3.8, 4) is 0 Å². The number of para-hydroxylation sites is 2. The molecule has 2 rings (SSSR count). The van der Waals surface area contributed by atoms with Gasteiger partial charge in [-0.2, -0.15) is 0 Å². The summed E-state index contributed by atoms with van der Waals surface area (Å²) >= 11 is 5.97. The van der Waals surface area contributed by atoms with Crippen LogP contribution in [-0.4, -0.2) is 16.3 Å². The highest BCUT2D eigenvalue weighted by molar-refractivity contribution is 6.31. The van der Waals surface area contributed by atoms with Gasteiger partial charge in [-0.1, -0.05) is 44.2 Å². The van der Waals surface area contributed by atoms with E-state index in [2.05, 4.69) is 16.5 Å². The van der Waals surface area contributed by atoms with Crippen LogP contribution in [-0.2, 0) is 16.1 Å². The first-order valence-corrected chi connectivity index (χ1v) is 7.83. The lowest BCUT2D eigenvalue weighted by atomic mass is 10.2. The van der Waals surface area contributed by atoms with Crippen molar-refractivity contribution in [1.29, 1.82) is 0 Å². The summed E-state index contributed by atoms with van der Waals surface area (Å²) in [5.74, 6) is 0.139. The molecule has 4 nitrogen and oxygen atoms in total. The Morgan fingerprint density at radius 2 is 2.08 bits per heavy atom. The van der Waals surface area contributed by atoms with Gasteiger partial charge in [0.25, 0.3) is 0 Å². The second-order valence-electron chi connectivity index (χ2n) is 4.52. The minimum absolute atomic E-state index is 0.122. The Kier molecular flexibility index (Phi) is 7.92. The molecule has 1 N–H and O–H groups in total. The lowest BCUT2D eigenvalue weighted by molar-refractivity contribution is -0.104. The summed E-state index contributed by atoms with van der Waals surface area (Å²) in [5, 5.41) is 0.122. The Hall–Kier alpha value is -2.40. The Balaban J connectivity index is 0.00000139. The molecule has 2 aromatic rings. The van der Waals surface area contributed by atoms with Crippen LogP contribution in [0.3, 0.4) is 0 Å². The van der Waals surface area contributed by atoms with Crippen LogP contribution >= 0.6 is 11.6 Å². The lowest BCUT2D eigenvalue weighted by Gasteiger charge is -2.05. The van der Waals surface area contributed by atoms with Crippen molar-refractivity contribution in [2.75, 3.05) is 0 Å². The molecular weight excluding hydrogens is 331 g/mol. The molecule has 0 unspecified atom stereocenters. The molecule has 128 valence electrons. The number of nitrogens with one attached hydrogen (secondary N) is 1. The van der Waals surface area contributed by atoms with Crippen molar-refractivity contribution in [3.63, 3.8) is 0 Å². The van der Waals surface area contributed by atoms with Crippen molar-refractivity contribution < 1.29 is 13.9 Å². The SMILES string of the molecule is C=C(F)/C(C=O)=C\C(Cl)=C(/C)OCc1nc2ccccc2[nH]1.CC. The molecule has 0 aliphatic carbocycles. The van der Waals surface area contributed by atoms with E-state index in [1.807, 2.05) is 38.1 Å². The van der Waals surface area contributed by atoms with Gasteiger partial charge in [0, 0.05) is 0 Å². The third-order valence-corrected chi connectivity index (χ3v) is 3.30. The number of carbonyl (C=O) groups is 1. The van der Waals surface area contributed by atoms with E-state index < -0.39 is 5.83 Å². The fourth-order valence-electron chi connectivity index (χ4n) is 1.73. The molecular formula is C18H20ClFN2O2. The largest absolute Gasteiger partial charge is 0.489 e. The van der Waals surface area contributed by atoms with Gasteiger partial charge in [-0.25, -0.2) is 9.37 Å². The molecule has 0 saturated carbocycles. The first-order chi connectivity index (χ1) is 11.5. The molecule has 24 heavy (non-hydrogen) atoms. The fourth-order valence-corrected chi connectivity index (χ4v) is 1.91. The highest BCUT2D eigenvalue weighted by Gasteiger charge is 2.06. The van der Waals surface area contributed by atoms with E-state index in [1.54, 1.807) is 6.92 Å². The zero-order chi connectivity index (χ0) is 18.1. The molecule has 0 fully saturated rings. The number of halogens is 2.